The van der Waals surface area contributed by atoms with E-state index in [2.05, 4.69) is 21.2 Å². The molecule has 0 fully saturated rings. The minimum absolute atomic E-state index is 0.126. The van der Waals surface area contributed by atoms with Crippen molar-refractivity contribution in [3.05, 3.63) is 28.8 Å². The summed E-state index contributed by atoms with van der Waals surface area (Å²) in [5.74, 6) is -0.356. The fourth-order valence-corrected chi connectivity index (χ4v) is 2.77. The normalized spacial score (nSPS) is 17.5. The van der Waals surface area contributed by atoms with Gasteiger partial charge in [0.15, 0.2) is 0 Å². The smallest absolute Gasteiger partial charge is 0.254 e. The molecule has 4 nitrogen and oxygen atoms in total. The van der Waals surface area contributed by atoms with Crippen LogP contribution in [0.4, 0.5) is 5.69 Å². The Kier molecular flexibility index (Phi) is 4.47. The zero-order chi connectivity index (χ0) is 14.0. The number of alkyl halides is 1. The average molecular weight is 346 g/mol. The maximum Gasteiger partial charge on any atom is 0.254 e. The molecule has 1 aliphatic heterocycles. The van der Waals surface area contributed by atoms with Gasteiger partial charge >= 0.3 is 0 Å². The Labute approximate surface area is 125 Å². The van der Waals surface area contributed by atoms with Gasteiger partial charge in [-0.15, -0.1) is 0 Å². The van der Waals surface area contributed by atoms with Crippen LogP contribution >= 0.6 is 27.5 Å². The molecule has 1 aliphatic rings. The molecule has 0 unspecified atom stereocenters. The van der Waals surface area contributed by atoms with E-state index in [4.69, 9.17) is 11.6 Å². The van der Waals surface area contributed by atoms with Crippen molar-refractivity contribution in [2.45, 2.75) is 19.4 Å². The molecule has 102 valence electrons. The molecule has 1 heterocycles. The summed E-state index contributed by atoms with van der Waals surface area (Å²) >= 11 is 9.54. The topological polar surface area (TPSA) is 49.4 Å². The molecule has 0 spiro atoms. The molecule has 0 bridgehead atoms. The largest absolute Gasteiger partial charge is 0.341 e. The summed E-state index contributed by atoms with van der Waals surface area (Å²) in [7, 11) is 0. The van der Waals surface area contributed by atoms with Gasteiger partial charge in [0.1, 0.15) is 6.04 Å². The van der Waals surface area contributed by atoms with Crippen LogP contribution in [0.25, 0.3) is 0 Å². The Hall–Kier alpha value is -1.07. The second-order valence-electron chi connectivity index (χ2n) is 4.34. The molecular weight excluding hydrogens is 332 g/mol. The van der Waals surface area contributed by atoms with E-state index in [1.54, 1.807) is 17.0 Å². The summed E-state index contributed by atoms with van der Waals surface area (Å²) in [5.41, 5.74) is 1.48. The summed E-state index contributed by atoms with van der Waals surface area (Å²) in [5, 5.41) is 4.02. The predicted molar refractivity (Wildman–Crippen MR) is 78.8 cm³/mol. The number of fused-ring (bicyclic) bond motifs is 1. The molecule has 2 rings (SSSR count). The van der Waals surface area contributed by atoms with Gasteiger partial charge in [0.05, 0.1) is 10.7 Å². The Balaban J connectivity index is 2.40. The molecule has 0 saturated carbocycles. The first kappa shape index (κ1) is 14.3. The lowest BCUT2D eigenvalue weighted by molar-refractivity contribution is -0.126. The maximum absolute atomic E-state index is 12.4. The summed E-state index contributed by atoms with van der Waals surface area (Å²) in [4.78, 5) is 25.3. The van der Waals surface area contributed by atoms with Crippen LogP contribution in [0.2, 0.25) is 5.02 Å². The second kappa shape index (κ2) is 5.92. The van der Waals surface area contributed by atoms with E-state index in [-0.39, 0.29) is 11.8 Å². The Morgan fingerprint density at radius 1 is 1.53 bits per heavy atom. The Morgan fingerprint density at radius 3 is 2.89 bits per heavy atom. The fraction of sp³-hybridized carbons (Fsp3) is 0.385. The van der Waals surface area contributed by atoms with Crippen molar-refractivity contribution in [3.63, 3.8) is 0 Å². The van der Waals surface area contributed by atoms with Crippen LogP contribution in [0.3, 0.4) is 0 Å². The van der Waals surface area contributed by atoms with Crippen LogP contribution in [0.5, 0.6) is 0 Å². The molecule has 1 atom stereocenters. The average Bonchev–Trinajstić information content (AvgIpc) is 2.62. The third-order valence-electron chi connectivity index (χ3n) is 2.97. The van der Waals surface area contributed by atoms with Crippen LogP contribution < -0.4 is 10.2 Å². The summed E-state index contributed by atoms with van der Waals surface area (Å²) < 4.78 is 0. The number of carbonyl (C=O) groups is 2. The van der Waals surface area contributed by atoms with E-state index in [9.17, 15) is 9.59 Å². The highest BCUT2D eigenvalue weighted by molar-refractivity contribution is 9.09. The predicted octanol–water partition coefficient (Wildman–Crippen LogP) is 2.65. The zero-order valence-electron chi connectivity index (χ0n) is 10.5. The molecule has 0 aromatic heterocycles. The minimum atomic E-state index is -0.624. The zero-order valence-corrected chi connectivity index (χ0v) is 12.8. The van der Waals surface area contributed by atoms with Gasteiger partial charge in [-0.3, -0.25) is 9.59 Å². The molecule has 1 aromatic rings. The highest BCUT2D eigenvalue weighted by atomic mass is 79.9. The molecule has 1 aromatic carbocycles. The quantitative estimate of drug-likeness (QED) is 0.853. The van der Waals surface area contributed by atoms with Crippen LogP contribution in [-0.4, -0.2) is 23.7 Å². The van der Waals surface area contributed by atoms with Gasteiger partial charge in [-0.2, -0.15) is 0 Å². The summed E-state index contributed by atoms with van der Waals surface area (Å²) in [6.45, 7) is 1.98. The SMILES string of the molecule is CC(=O)N[C@@H]1C(=O)N(CCCBr)c2c(Cl)cccc21. The van der Waals surface area contributed by atoms with Gasteiger partial charge in [0, 0.05) is 24.4 Å². The van der Waals surface area contributed by atoms with Crippen molar-refractivity contribution >= 4 is 45.0 Å². The lowest BCUT2D eigenvalue weighted by Gasteiger charge is -2.18. The molecule has 1 N–H and O–H groups in total. The van der Waals surface area contributed by atoms with Crippen molar-refractivity contribution < 1.29 is 9.59 Å². The molecule has 0 aliphatic carbocycles. The first-order valence-electron chi connectivity index (χ1n) is 5.99. The second-order valence-corrected chi connectivity index (χ2v) is 5.54. The van der Waals surface area contributed by atoms with Crippen LogP contribution in [0.15, 0.2) is 18.2 Å². The van der Waals surface area contributed by atoms with Crippen molar-refractivity contribution in [1.82, 2.24) is 5.32 Å². The standard InChI is InChI=1S/C13H14BrClN2O2/c1-8(18)16-11-9-4-2-5-10(15)12(9)17(13(11)19)7-3-6-14/h2,4-5,11H,3,6-7H2,1H3,(H,16,18)/t11-/m0/s1. The van der Waals surface area contributed by atoms with E-state index in [0.717, 1.165) is 17.3 Å². The first-order valence-corrected chi connectivity index (χ1v) is 7.49. The molecule has 0 radical (unpaired) electrons. The maximum atomic E-state index is 12.4. The van der Waals surface area contributed by atoms with Gasteiger partial charge in [-0.1, -0.05) is 39.7 Å². The lowest BCUT2D eigenvalue weighted by Crippen LogP contribution is -2.37. The van der Waals surface area contributed by atoms with Gasteiger partial charge in [-0.05, 0) is 12.5 Å². The van der Waals surface area contributed by atoms with Gasteiger partial charge in [-0.25, -0.2) is 0 Å². The van der Waals surface area contributed by atoms with Gasteiger partial charge < -0.3 is 10.2 Å². The highest BCUT2D eigenvalue weighted by Gasteiger charge is 2.38. The molecule has 19 heavy (non-hydrogen) atoms. The first-order chi connectivity index (χ1) is 9.06. The number of benzene rings is 1. The fourth-order valence-electron chi connectivity index (χ4n) is 2.23. The van der Waals surface area contributed by atoms with Crippen LogP contribution in [0, 0.1) is 0 Å². The van der Waals surface area contributed by atoms with Crippen molar-refractivity contribution in [2.24, 2.45) is 0 Å². The van der Waals surface area contributed by atoms with Crippen molar-refractivity contribution in [2.75, 3.05) is 16.8 Å². The number of nitrogens with one attached hydrogen (secondary N) is 1. The Bertz CT molecular complexity index is 521. The molecule has 2 amide bonds. The van der Waals surface area contributed by atoms with Gasteiger partial charge in [0.25, 0.3) is 5.91 Å². The van der Waals surface area contributed by atoms with E-state index in [0.29, 0.717) is 17.3 Å². The number of para-hydroxylation sites is 1. The number of amides is 2. The minimum Gasteiger partial charge on any atom is -0.341 e. The number of hydrogen-bond donors (Lipinski definition) is 1. The third-order valence-corrected chi connectivity index (χ3v) is 3.84. The van der Waals surface area contributed by atoms with Crippen LogP contribution in [0.1, 0.15) is 24.9 Å². The number of carbonyl (C=O) groups excluding carboxylic acids is 2. The molecular formula is C13H14BrClN2O2. The monoisotopic (exact) mass is 344 g/mol. The number of hydrogen-bond acceptors (Lipinski definition) is 2. The number of halogens is 2. The summed E-state index contributed by atoms with van der Waals surface area (Å²) in [6.07, 6.45) is 0.823. The Morgan fingerprint density at radius 2 is 2.26 bits per heavy atom. The van der Waals surface area contributed by atoms with E-state index < -0.39 is 6.04 Å². The number of anilines is 1. The van der Waals surface area contributed by atoms with E-state index >= 15 is 0 Å². The molecule has 0 saturated heterocycles. The summed E-state index contributed by atoms with van der Waals surface area (Å²) in [6, 6.07) is 4.75. The van der Waals surface area contributed by atoms with E-state index in [1.807, 2.05) is 6.07 Å². The van der Waals surface area contributed by atoms with Gasteiger partial charge in [0.2, 0.25) is 5.91 Å². The van der Waals surface area contributed by atoms with Crippen molar-refractivity contribution in [3.8, 4) is 0 Å². The van der Waals surface area contributed by atoms with Crippen LogP contribution in [-0.2, 0) is 9.59 Å². The molecule has 6 heteroatoms. The van der Waals surface area contributed by atoms with E-state index in [1.165, 1.54) is 6.92 Å². The third kappa shape index (κ3) is 2.77. The lowest BCUT2D eigenvalue weighted by atomic mass is 10.1. The number of nitrogens with zero attached hydrogens (tertiary/aromatic N) is 1. The highest BCUT2D eigenvalue weighted by Crippen LogP contribution is 2.40. The number of rotatable bonds is 4. The van der Waals surface area contributed by atoms with Crippen molar-refractivity contribution in [1.29, 1.82) is 0 Å².